The van der Waals surface area contributed by atoms with Crippen molar-refractivity contribution >= 4 is 17.7 Å². The first kappa shape index (κ1) is 14.1. The Balaban J connectivity index is 2.04. The highest BCUT2D eigenvalue weighted by atomic mass is 16.5. The largest absolute Gasteiger partial charge is 0.481 e. The number of ether oxygens (including phenoxy) is 1. The molecule has 3 N–H and O–H groups in total. The van der Waals surface area contributed by atoms with E-state index in [1.807, 2.05) is 0 Å². The summed E-state index contributed by atoms with van der Waals surface area (Å²) in [6.07, 6.45) is 0.610. The summed E-state index contributed by atoms with van der Waals surface area (Å²) in [6.45, 7) is -0.00756. The minimum absolute atomic E-state index is 0.00756. The van der Waals surface area contributed by atoms with Crippen LogP contribution in [0.25, 0.3) is 0 Å². The van der Waals surface area contributed by atoms with Gasteiger partial charge in [-0.1, -0.05) is 0 Å². The minimum Gasteiger partial charge on any atom is -0.481 e. The van der Waals surface area contributed by atoms with Gasteiger partial charge in [-0.3, -0.25) is 0 Å². The monoisotopic (exact) mass is 281 g/mol. The summed E-state index contributed by atoms with van der Waals surface area (Å²) in [7, 11) is 1.48. The number of carboxylic acid groups (broad SMARTS) is 1. The topological polar surface area (TPSA) is 112 Å². The number of rotatable bonds is 3. The van der Waals surface area contributed by atoms with Gasteiger partial charge in [-0.15, -0.1) is 0 Å². The van der Waals surface area contributed by atoms with E-state index in [1.165, 1.54) is 13.3 Å². The summed E-state index contributed by atoms with van der Waals surface area (Å²) in [6, 6.07) is 1.56. The lowest BCUT2D eigenvalue weighted by molar-refractivity contribution is -0.141. The highest BCUT2D eigenvalue weighted by Crippen LogP contribution is 2.20. The molecule has 2 rings (SSSR count). The number of methoxy groups -OCH3 is 1. The summed E-state index contributed by atoms with van der Waals surface area (Å²) in [5, 5.41) is 21.0. The van der Waals surface area contributed by atoms with Crippen molar-refractivity contribution in [1.82, 2.24) is 9.88 Å². The van der Waals surface area contributed by atoms with Crippen LogP contribution < -0.4 is 10.1 Å². The SMILES string of the molecule is COc1ccc(NC(=O)N2CC(O)C[C@H]2C(=O)O)cn1. The first-order valence-corrected chi connectivity index (χ1v) is 6.00. The van der Waals surface area contributed by atoms with Crippen molar-refractivity contribution in [1.29, 1.82) is 0 Å². The van der Waals surface area contributed by atoms with Crippen LogP contribution in [0, 0.1) is 0 Å². The van der Waals surface area contributed by atoms with Gasteiger partial charge in [-0.05, 0) is 6.07 Å². The maximum Gasteiger partial charge on any atom is 0.326 e. The van der Waals surface area contributed by atoms with Crippen LogP contribution >= 0.6 is 0 Å². The number of pyridine rings is 1. The molecular formula is C12H15N3O5. The molecule has 1 aromatic heterocycles. The minimum atomic E-state index is -1.13. The van der Waals surface area contributed by atoms with Crippen LogP contribution in [0.1, 0.15) is 6.42 Å². The van der Waals surface area contributed by atoms with Gasteiger partial charge in [0.2, 0.25) is 5.88 Å². The molecule has 1 aliphatic rings. The number of aliphatic carboxylic acids is 1. The fourth-order valence-electron chi connectivity index (χ4n) is 2.04. The zero-order valence-corrected chi connectivity index (χ0v) is 10.8. The molecule has 1 saturated heterocycles. The van der Waals surface area contributed by atoms with Crippen molar-refractivity contribution in [2.24, 2.45) is 0 Å². The van der Waals surface area contributed by atoms with E-state index in [0.29, 0.717) is 11.6 Å². The number of nitrogens with zero attached hydrogens (tertiary/aromatic N) is 2. The van der Waals surface area contributed by atoms with Gasteiger partial charge < -0.3 is 25.2 Å². The molecule has 20 heavy (non-hydrogen) atoms. The van der Waals surface area contributed by atoms with Gasteiger partial charge in [0.1, 0.15) is 6.04 Å². The molecule has 0 aromatic carbocycles. The first-order valence-electron chi connectivity index (χ1n) is 6.00. The second-order valence-electron chi connectivity index (χ2n) is 4.42. The van der Waals surface area contributed by atoms with Crippen LogP contribution in [0.3, 0.4) is 0 Å². The summed E-state index contributed by atoms with van der Waals surface area (Å²) in [5.41, 5.74) is 0.418. The fourth-order valence-corrected chi connectivity index (χ4v) is 2.04. The van der Waals surface area contributed by atoms with E-state index in [-0.39, 0.29) is 13.0 Å². The summed E-state index contributed by atoms with van der Waals surface area (Å²) in [4.78, 5) is 28.1. The Hall–Kier alpha value is -2.35. The Labute approximate surface area is 115 Å². The molecule has 0 radical (unpaired) electrons. The van der Waals surface area contributed by atoms with E-state index in [1.54, 1.807) is 12.1 Å². The average molecular weight is 281 g/mol. The molecule has 0 bridgehead atoms. The molecule has 108 valence electrons. The Morgan fingerprint density at radius 1 is 1.50 bits per heavy atom. The normalized spacial score (nSPS) is 21.6. The van der Waals surface area contributed by atoms with Crippen molar-refractivity contribution in [3.8, 4) is 5.88 Å². The van der Waals surface area contributed by atoms with Crippen LogP contribution in [0.4, 0.5) is 10.5 Å². The first-order chi connectivity index (χ1) is 9.51. The number of β-amino-alcohol motifs (C(OH)–C–C–N with tert-alkyl or cyclic N) is 1. The van der Waals surface area contributed by atoms with E-state index in [0.717, 1.165) is 4.90 Å². The number of amides is 2. The summed E-state index contributed by atoms with van der Waals surface area (Å²) >= 11 is 0. The van der Waals surface area contributed by atoms with Gasteiger partial charge in [0, 0.05) is 19.0 Å². The highest BCUT2D eigenvalue weighted by molar-refractivity contribution is 5.92. The molecule has 0 saturated carbocycles. The molecule has 8 heteroatoms. The number of carbonyl (C=O) groups excluding carboxylic acids is 1. The third-order valence-electron chi connectivity index (χ3n) is 3.02. The van der Waals surface area contributed by atoms with Crippen LogP contribution in [-0.2, 0) is 4.79 Å². The summed E-state index contributed by atoms with van der Waals surface area (Å²) in [5.74, 6) is -0.729. The number of hydrogen-bond acceptors (Lipinski definition) is 5. The van der Waals surface area contributed by atoms with Gasteiger partial charge in [-0.2, -0.15) is 0 Å². The maximum absolute atomic E-state index is 12.0. The molecule has 1 fully saturated rings. The van der Waals surface area contributed by atoms with Crippen molar-refractivity contribution in [2.45, 2.75) is 18.6 Å². The van der Waals surface area contributed by atoms with Crippen molar-refractivity contribution < 1.29 is 24.5 Å². The average Bonchev–Trinajstić information content (AvgIpc) is 2.82. The van der Waals surface area contributed by atoms with Crippen molar-refractivity contribution in [3.63, 3.8) is 0 Å². The zero-order chi connectivity index (χ0) is 14.7. The quantitative estimate of drug-likeness (QED) is 0.726. The lowest BCUT2D eigenvalue weighted by Gasteiger charge is -2.21. The fraction of sp³-hybridized carbons (Fsp3) is 0.417. The highest BCUT2D eigenvalue weighted by Gasteiger charge is 2.38. The molecule has 2 amide bonds. The van der Waals surface area contributed by atoms with Crippen LogP contribution in [-0.4, -0.2) is 57.9 Å². The molecule has 2 heterocycles. The molecule has 1 aliphatic heterocycles. The number of carbonyl (C=O) groups is 2. The number of aliphatic hydroxyl groups is 1. The molecule has 1 unspecified atom stereocenters. The van der Waals surface area contributed by atoms with E-state index >= 15 is 0 Å². The van der Waals surface area contributed by atoms with E-state index in [9.17, 15) is 14.7 Å². The number of aromatic nitrogens is 1. The standard InChI is InChI=1S/C12H15N3O5/c1-20-10-3-2-7(5-13-10)14-12(19)15-6-8(16)4-9(15)11(17)18/h2-3,5,8-9,16H,4,6H2,1H3,(H,14,19)(H,17,18)/t8?,9-/m0/s1. The Morgan fingerprint density at radius 2 is 2.25 bits per heavy atom. The number of anilines is 1. The predicted octanol–water partition coefficient (Wildman–Crippen LogP) is 0.142. The molecule has 8 nitrogen and oxygen atoms in total. The van der Waals surface area contributed by atoms with Gasteiger partial charge >= 0.3 is 12.0 Å². The van der Waals surface area contributed by atoms with Crippen molar-refractivity contribution in [3.05, 3.63) is 18.3 Å². The smallest absolute Gasteiger partial charge is 0.326 e. The number of hydrogen-bond donors (Lipinski definition) is 3. The maximum atomic E-state index is 12.0. The third-order valence-corrected chi connectivity index (χ3v) is 3.02. The molecule has 1 aromatic rings. The number of likely N-dealkylation sites (tertiary alicyclic amines) is 1. The van der Waals surface area contributed by atoms with E-state index in [2.05, 4.69) is 10.3 Å². The lowest BCUT2D eigenvalue weighted by atomic mass is 10.2. The third kappa shape index (κ3) is 2.97. The molecular weight excluding hydrogens is 266 g/mol. The Bertz CT molecular complexity index is 504. The second kappa shape index (κ2) is 5.74. The van der Waals surface area contributed by atoms with E-state index < -0.39 is 24.1 Å². The van der Waals surface area contributed by atoms with Gasteiger partial charge in [0.05, 0.1) is 25.1 Å². The van der Waals surface area contributed by atoms with Gasteiger partial charge in [0.25, 0.3) is 0 Å². The number of nitrogens with one attached hydrogen (secondary N) is 1. The van der Waals surface area contributed by atoms with Crippen LogP contribution in [0.15, 0.2) is 18.3 Å². The van der Waals surface area contributed by atoms with Crippen LogP contribution in [0.2, 0.25) is 0 Å². The number of urea groups is 1. The Morgan fingerprint density at radius 3 is 2.80 bits per heavy atom. The zero-order valence-electron chi connectivity index (χ0n) is 10.8. The Kier molecular flexibility index (Phi) is 4.04. The van der Waals surface area contributed by atoms with Gasteiger partial charge in [-0.25, -0.2) is 14.6 Å². The molecule has 0 aliphatic carbocycles. The van der Waals surface area contributed by atoms with Crippen molar-refractivity contribution in [2.75, 3.05) is 19.0 Å². The number of carboxylic acids is 1. The molecule has 0 spiro atoms. The second-order valence-corrected chi connectivity index (χ2v) is 4.42. The number of aliphatic hydroxyl groups excluding tert-OH is 1. The lowest BCUT2D eigenvalue weighted by Crippen LogP contribution is -2.43. The summed E-state index contributed by atoms with van der Waals surface area (Å²) < 4.78 is 4.89. The molecule has 2 atom stereocenters. The predicted molar refractivity (Wildman–Crippen MR) is 68.6 cm³/mol. The van der Waals surface area contributed by atoms with Gasteiger partial charge in [0.15, 0.2) is 0 Å². The van der Waals surface area contributed by atoms with E-state index in [4.69, 9.17) is 9.84 Å². The van der Waals surface area contributed by atoms with Crippen LogP contribution in [0.5, 0.6) is 5.88 Å².